The Labute approximate surface area is 169 Å². The van der Waals surface area contributed by atoms with Gasteiger partial charge in [0.1, 0.15) is 11.8 Å². The van der Waals surface area contributed by atoms with Crippen molar-refractivity contribution in [1.82, 2.24) is 10.2 Å². The highest BCUT2D eigenvalue weighted by molar-refractivity contribution is 6.24. The number of carbonyl (C=O) groups excluding carboxylic acids is 4. The van der Waals surface area contributed by atoms with Gasteiger partial charge in [-0.05, 0) is 44.7 Å². The highest BCUT2D eigenvalue weighted by atomic mass is 16.5. The van der Waals surface area contributed by atoms with Crippen LogP contribution in [-0.4, -0.2) is 53.9 Å². The number of piperidine rings is 1. The summed E-state index contributed by atoms with van der Waals surface area (Å²) >= 11 is 0. The number of nitrogens with one attached hydrogen (secondary N) is 1. The van der Waals surface area contributed by atoms with Crippen LogP contribution in [0.1, 0.15) is 66.7 Å². The normalized spacial score (nSPS) is 19.9. The van der Waals surface area contributed by atoms with Gasteiger partial charge >= 0.3 is 0 Å². The third kappa shape index (κ3) is 4.48. The molecule has 0 aromatic heterocycles. The van der Waals surface area contributed by atoms with E-state index in [2.05, 4.69) is 12.2 Å². The maximum atomic E-state index is 12.9. The van der Waals surface area contributed by atoms with Crippen LogP contribution in [0.25, 0.3) is 0 Å². The lowest BCUT2D eigenvalue weighted by Gasteiger charge is -2.27. The summed E-state index contributed by atoms with van der Waals surface area (Å²) in [4.78, 5) is 50.2. The van der Waals surface area contributed by atoms with Crippen molar-refractivity contribution in [3.63, 3.8) is 0 Å². The summed E-state index contributed by atoms with van der Waals surface area (Å²) in [6.45, 7) is 5.13. The summed E-state index contributed by atoms with van der Waals surface area (Å²) in [5.41, 5.74) is 0.398. The molecule has 1 aromatic carbocycles. The molecule has 0 spiro atoms. The van der Waals surface area contributed by atoms with E-state index in [4.69, 9.17) is 9.47 Å². The van der Waals surface area contributed by atoms with Crippen molar-refractivity contribution >= 4 is 23.6 Å². The Hall–Kier alpha value is -2.74. The highest BCUT2D eigenvalue weighted by Gasteiger charge is 2.45. The number of benzene rings is 1. The van der Waals surface area contributed by atoms with Crippen molar-refractivity contribution < 1.29 is 28.7 Å². The average Bonchev–Trinajstić information content (AvgIpc) is 2.96. The SMILES string of the molecule is CCC(C)OCCCCOc1cccc2c1C(=O)N(C1CCC(=O)NC1=O)C2=O. The Balaban J connectivity index is 1.64. The molecular weight excluding hydrogens is 376 g/mol. The van der Waals surface area contributed by atoms with Crippen LogP contribution in [-0.2, 0) is 14.3 Å². The number of imide groups is 2. The van der Waals surface area contributed by atoms with Crippen LogP contribution in [0, 0.1) is 0 Å². The molecule has 0 aliphatic carbocycles. The number of fused-ring (bicyclic) bond motifs is 1. The molecule has 0 saturated carbocycles. The van der Waals surface area contributed by atoms with Crippen molar-refractivity contribution in [3.8, 4) is 5.75 Å². The molecule has 1 N–H and O–H groups in total. The largest absolute Gasteiger partial charge is 0.493 e. The van der Waals surface area contributed by atoms with Crippen molar-refractivity contribution in [3.05, 3.63) is 29.3 Å². The van der Waals surface area contributed by atoms with Crippen LogP contribution in [0.2, 0.25) is 0 Å². The van der Waals surface area contributed by atoms with Crippen molar-refractivity contribution in [2.24, 2.45) is 0 Å². The van der Waals surface area contributed by atoms with Gasteiger partial charge < -0.3 is 9.47 Å². The molecule has 0 radical (unpaired) electrons. The van der Waals surface area contributed by atoms with E-state index in [1.54, 1.807) is 18.2 Å². The lowest BCUT2D eigenvalue weighted by Crippen LogP contribution is -2.54. The molecule has 2 atom stereocenters. The van der Waals surface area contributed by atoms with Crippen molar-refractivity contribution in [1.29, 1.82) is 0 Å². The molecular formula is C21H26N2O6. The first-order chi connectivity index (χ1) is 13.9. The van der Waals surface area contributed by atoms with Crippen LogP contribution < -0.4 is 10.1 Å². The van der Waals surface area contributed by atoms with Gasteiger partial charge in [-0.3, -0.25) is 29.4 Å². The molecule has 4 amide bonds. The summed E-state index contributed by atoms with van der Waals surface area (Å²) in [5, 5.41) is 2.19. The van der Waals surface area contributed by atoms with Crippen molar-refractivity contribution in [2.45, 2.75) is 58.1 Å². The Morgan fingerprint density at radius 1 is 1.14 bits per heavy atom. The van der Waals surface area contributed by atoms with E-state index in [1.165, 1.54) is 0 Å². The first-order valence-electron chi connectivity index (χ1n) is 10.0. The molecule has 1 aromatic rings. The number of carbonyl (C=O) groups is 4. The number of rotatable bonds is 9. The second-order valence-electron chi connectivity index (χ2n) is 7.27. The van der Waals surface area contributed by atoms with E-state index in [0.29, 0.717) is 19.0 Å². The third-order valence-corrected chi connectivity index (χ3v) is 5.20. The van der Waals surface area contributed by atoms with Crippen molar-refractivity contribution in [2.75, 3.05) is 13.2 Å². The van der Waals surface area contributed by atoms with Crippen LogP contribution in [0.4, 0.5) is 0 Å². The van der Waals surface area contributed by atoms with Crippen LogP contribution in [0.15, 0.2) is 18.2 Å². The molecule has 8 nitrogen and oxygen atoms in total. The van der Waals surface area contributed by atoms with Gasteiger partial charge in [0, 0.05) is 13.0 Å². The minimum atomic E-state index is -0.981. The summed E-state index contributed by atoms with van der Waals surface area (Å²) in [5.74, 6) is -1.79. The van der Waals surface area contributed by atoms with E-state index in [0.717, 1.165) is 24.2 Å². The minimum Gasteiger partial charge on any atom is -0.493 e. The van der Waals surface area contributed by atoms with Gasteiger partial charge in [-0.2, -0.15) is 0 Å². The molecule has 0 bridgehead atoms. The second kappa shape index (κ2) is 9.17. The van der Waals surface area contributed by atoms with Gasteiger partial charge in [0.15, 0.2) is 0 Å². The molecule has 156 valence electrons. The monoisotopic (exact) mass is 402 g/mol. The molecule has 3 rings (SSSR count). The Kier molecular flexibility index (Phi) is 6.64. The number of ether oxygens (including phenoxy) is 2. The number of amides is 4. The smallest absolute Gasteiger partial charge is 0.266 e. The lowest BCUT2D eigenvalue weighted by molar-refractivity contribution is -0.136. The zero-order chi connectivity index (χ0) is 21.0. The predicted molar refractivity (Wildman–Crippen MR) is 104 cm³/mol. The summed E-state index contributed by atoms with van der Waals surface area (Å²) in [6, 6.07) is 3.87. The Bertz CT molecular complexity index is 821. The fourth-order valence-electron chi connectivity index (χ4n) is 3.39. The average molecular weight is 402 g/mol. The Morgan fingerprint density at radius 3 is 2.62 bits per heavy atom. The minimum absolute atomic E-state index is 0.0892. The molecule has 8 heteroatoms. The molecule has 2 aliphatic rings. The zero-order valence-electron chi connectivity index (χ0n) is 16.7. The van der Waals surface area contributed by atoms with E-state index in [9.17, 15) is 19.2 Å². The van der Waals surface area contributed by atoms with E-state index in [-0.39, 0.29) is 30.1 Å². The molecule has 29 heavy (non-hydrogen) atoms. The van der Waals surface area contributed by atoms with Gasteiger partial charge in [-0.1, -0.05) is 13.0 Å². The number of unbranched alkanes of at least 4 members (excludes halogenated alkanes) is 1. The molecule has 2 heterocycles. The first-order valence-corrected chi connectivity index (χ1v) is 10.0. The highest BCUT2D eigenvalue weighted by Crippen LogP contribution is 2.33. The number of hydrogen-bond donors (Lipinski definition) is 1. The summed E-state index contributed by atoms with van der Waals surface area (Å²) < 4.78 is 11.4. The van der Waals surface area contributed by atoms with Gasteiger partial charge in [0.2, 0.25) is 11.8 Å². The molecule has 2 aliphatic heterocycles. The van der Waals surface area contributed by atoms with Crippen LogP contribution >= 0.6 is 0 Å². The fourth-order valence-corrected chi connectivity index (χ4v) is 3.39. The van der Waals surface area contributed by atoms with E-state index < -0.39 is 29.7 Å². The molecule has 1 fully saturated rings. The van der Waals surface area contributed by atoms with E-state index in [1.807, 2.05) is 6.92 Å². The summed E-state index contributed by atoms with van der Waals surface area (Å²) in [7, 11) is 0. The molecule has 1 saturated heterocycles. The third-order valence-electron chi connectivity index (χ3n) is 5.20. The Morgan fingerprint density at radius 2 is 1.90 bits per heavy atom. The van der Waals surface area contributed by atoms with Crippen LogP contribution in [0.3, 0.4) is 0 Å². The maximum absolute atomic E-state index is 12.9. The number of nitrogens with zero attached hydrogens (tertiary/aromatic N) is 1. The number of hydrogen-bond acceptors (Lipinski definition) is 6. The predicted octanol–water partition coefficient (Wildman–Crippen LogP) is 2.06. The van der Waals surface area contributed by atoms with E-state index >= 15 is 0 Å². The quantitative estimate of drug-likeness (QED) is 0.501. The fraction of sp³-hybridized carbons (Fsp3) is 0.524. The first kappa shape index (κ1) is 21.0. The second-order valence-corrected chi connectivity index (χ2v) is 7.27. The van der Waals surface area contributed by atoms with Gasteiger partial charge in [-0.15, -0.1) is 0 Å². The zero-order valence-corrected chi connectivity index (χ0v) is 16.7. The van der Waals surface area contributed by atoms with Crippen LogP contribution in [0.5, 0.6) is 5.75 Å². The molecule has 2 unspecified atom stereocenters. The van der Waals surface area contributed by atoms with Gasteiger partial charge in [-0.25, -0.2) is 0 Å². The topological polar surface area (TPSA) is 102 Å². The standard InChI is InChI=1S/C21H26N2O6/c1-3-13(2)28-11-4-5-12-29-16-8-6-7-14-18(16)21(27)23(20(14)26)15-9-10-17(24)22-19(15)25/h6-8,13,15H,3-5,9-12H2,1-2H3,(H,22,24,25). The maximum Gasteiger partial charge on any atom is 0.266 e. The lowest BCUT2D eigenvalue weighted by atomic mass is 10.0. The summed E-state index contributed by atoms with van der Waals surface area (Å²) in [6.07, 6.45) is 2.99. The van der Waals surface area contributed by atoms with Gasteiger partial charge in [0.25, 0.3) is 11.8 Å². The van der Waals surface area contributed by atoms with Gasteiger partial charge in [0.05, 0.1) is 23.8 Å².